The molecule has 0 aromatic heterocycles. The average molecular weight is 208 g/mol. The zero-order chi connectivity index (χ0) is 11.3. The molecule has 5 nitrogen and oxygen atoms in total. The van der Waals surface area contributed by atoms with Crippen LogP contribution in [0.15, 0.2) is 30.9 Å². The lowest BCUT2D eigenvalue weighted by atomic mass is 10.2. The van der Waals surface area contributed by atoms with Gasteiger partial charge >= 0.3 is 0 Å². The molecule has 0 aliphatic rings. The van der Waals surface area contributed by atoms with E-state index in [0.717, 1.165) is 0 Å². The molecule has 0 bridgehead atoms. The van der Waals surface area contributed by atoms with Crippen LogP contribution in [0.2, 0.25) is 0 Å². The van der Waals surface area contributed by atoms with Crippen LogP contribution in [0.3, 0.4) is 0 Å². The van der Waals surface area contributed by atoms with Crippen LogP contribution in [0.25, 0.3) is 0 Å². The molecule has 15 heavy (non-hydrogen) atoms. The van der Waals surface area contributed by atoms with Crippen molar-refractivity contribution in [1.82, 2.24) is 5.32 Å². The summed E-state index contributed by atoms with van der Waals surface area (Å²) in [5, 5.41) is 22.9. The molecule has 0 fully saturated rings. The fraction of sp³-hybridized carbons (Fsp3) is 0.200. The second-order valence-corrected chi connectivity index (χ2v) is 2.99. The third-order valence-corrected chi connectivity index (χ3v) is 1.88. The number of rotatable bonds is 5. The number of hydrogen-bond acceptors (Lipinski definition) is 4. The molecule has 0 atom stereocenters. The first-order chi connectivity index (χ1) is 7.15. The Labute approximate surface area is 87.2 Å². The first-order valence-corrected chi connectivity index (χ1v) is 4.43. The standard InChI is InChI=1S/C10H12N2O3/c1-2-5-11-7-8-6-9(12(14)15)3-4-10(8)13/h2-4,6,11,13H,1,5,7H2. The molecule has 5 heteroatoms. The molecule has 0 aliphatic carbocycles. The number of phenols is 1. The maximum atomic E-state index is 10.5. The monoisotopic (exact) mass is 208 g/mol. The summed E-state index contributed by atoms with van der Waals surface area (Å²) in [7, 11) is 0. The second kappa shape index (κ2) is 5.11. The summed E-state index contributed by atoms with van der Waals surface area (Å²) >= 11 is 0. The number of hydrogen-bond donors (Lipinski definition) is 2. The van der Waals surface area contributed by atoms with Crippen molar-refractivity contribution in [1.29, 1.82) is 0 Å². The summed E-state index contributed by atoms with van der Waals surface area (Å²) in [6.45, 7) is 4.49. The first-order valence-electron chi connectivity index (χ1n) is 4.43. The molecule has 0 unspecified atom stereocenters. The van der Waals surface area contributed by atoms with Gasteiger partial charge in [-0.2, -0.15) is 0 Å². The zero-order valence-corrected chi connectivity index (χ0v) is 8.14. The number of aromatic hydroxyl groups is 1. The van der Waals surface area contributed by atoms with Crippen molar-refractivity contribution in [3.8, 4) is 5.75 Å². The number of non-ortho nitro benzene ring substituents is 1. The fourth-order valence-corrected chi connectivity index (χ4v) is 1.14. The molecule has 0 amide bonds. The van der Waals surface area contributed by atoms with Gasteiger partial charge in [-0.1, -0.05) is 6.08 Å². The minimum absolute atomic E-state index is 0.0248. The predicted octanol–water partition coefficient (Wildman–Crippen LogP) is 1.58. The lowest BCUT2D eigenvalue weighted by Gasteiger charge is -2.04. The quantitative estimate of drug-likeness (QED) is 0.333. The number of benzene rings is 1. The normalized spacial score (nSPS) is 9.87. The van der Waals surface area contributed by atoms with Crippen LogP contribution in [0.5, 0.6) is 5.75 Å². The summed E-state index contributed by atoms with van der Waals surface area (Å²) < 4.78 is 0. The Bertz CT molecular complexity index is 377. The Hall–Kier alpha value is -1.88. The largest absolute Gasteiger partial charge is 0.508 e. The summed E-state index contributed by atoms with van der Waals surface area (Å²) in [5.41, 5.74) is 0.481. The van der Waals surface area contributed by atoms with Crippen molar-refractivity contribution in [2.24, 2.45) is 0 Å². The van der Waals surface area contributed by atoms with Crippen LogP contribution in [0.4, 0.5) is 5.69 Å². The SMILES string of the molecule is C=CCNCc1cc([N+](=O)[O-])ccc1O. The summed E-state index contributed by atoms with van der Waals surface area (Å²) in [4.78, 5) is 9.99. The Morgan fingerprint density at radius 3 is 2.93 bits per heavy atom. The van der Waals surface area contributed by atoms with Crippen molar-refractivity contribution >= 4 is 5.69 Å². The maximum Gasteiger partial charge on any atom is 0.270 e. The van der Waals surface area contributed by atoms with Crippen LogP contribution < -0.4 is 5.32 Å². The minimum atomic E-state index is -0.490. The smallest absolute Gasteiger partial charge is 0.270 e. The molecule has 0 radical (unpaired) electrons. The van der Waals surface area contributed by atoms with E-state index < -0.39 is 4.92 Å². The number of nitro benzene ring substituents is 1. The van der Waals surface area contributed by atoms with Crippen molar-refractivity contribution in [3.63, 3.8) is 0 Å². The van der Waals surface area contributed by atoms with Crippen molar-refractivity contribution in [3.05, 3.63) is 46.5 Å². The van der Waals surface area contributed by atoms with Crippen LogP contribution in [0, 0.1) is 10.1 Å². The Kier molecular flexibility index (Phi) is 3.82. The molecule has 0 saturated heterocycles. The van der Waals surface area contributed by atoms with Gasteiger partial charge in [0, 0.05) is 30.8 Å². The van der Waals surface area contributed by atoms with Crippen LogP contribution in [0.1, 0.15) is 5.56 Å². The molecule has 1 aromatic carbocycles. The molecule has 1 aromatic rings. The highest BCUT2D eigenvalue weighted by molar-refractivity contribution is 5.42. The maximum absolute atomic E-state index is 10.5. The lowest BCUT2D eigenvalue weighted by Crippen LogP contribution is -2.12. The Balaban J connectivity index is 2.80. The van der Waals surface area contributed by atoms with Crippen molar-refractivity contribution in [2.45, 2.75) is 6.54 Å². The van der Waals surface area contributed by atoms with Gasteiger partial charge in [0.2, 0.25) is 0 Å². The van der Waals surface area contributed by atoms with E-state index >= 15 is 0 Å². The van der Waals surface area contributed by atoms with Gasteiger partial charge in [0.25, 0.3) is 5.69 Å². The third kappa shape index (κ3) is 3.07. The van der Waals surface area contributed by atoms with E-state index in [1.165, 1.54) is 18.2 Å². The zero-order valence-electron chi connectivity index (χ0n) is 8.14. The Morgan fingerprint density at radius 1 is 1.60 bits per heavy atom. The van der Waals surface area contributed by atoms with Gasteiger partial charge in [-0.05, 0) is 6.07 Å². The van der Waals surface area contributed by atoms with E-state index in [1.54, 1.807) is 6.08 Å². The number of nitrogens with zero attached hydrogens (tertiary/aromatic N) is 1. The van der Waals surface area contributed by atoms with Crippen LogP contribution in [-0.2, 0) is 6.54 Å². The lowest BCUT2D eigenvalue weighted by molar-refractivity contribution is -0.384. The van der Waals surface area contributed by atoms with Gasteiger partial charge in [0.05, 0.1) is 4.92 Å². The third-order valence-electron chi connectivity index (χ3n) is 1.88. The van der Waals surface area contributed by atoms with Gasteiger partial charge in [-0.25, -0.2) is 0 Å². The minimum Gasteiger partial charge on any atom is -0.508 e. The predicted molar refractivity (Wildman–Crippen MR) is 56.7 cm³/mol. The summed E-state index contributed by atoms with van der Waals surface area (Å²) in [6, 6.07) is 3.95. The van der Waals surface area contributed by atoms with Crippen LogP contribution >= 0.6 is 0 Å². The van der Waals surface area contributed by atoms with Gasteiger partial charge in [0.15, 0.2) is 0 Å². The first kappa shape index (κ1) is 11.2. The topological polar surface area (TPSA) is 75.4 Å². The van der Waals surface area contributed by atoms with E-state index in [4.69, 9.17) is 0 Å². The number of nitro groups is 1. The van der Waals surface area contributed by atoms with Gasteiger partial charge < -0.3 is 10.4 Å². The highest BCUT2D eigenvalue weighted by atomic mass is 16.6. The van der Waals surface area contributed by atoms with Gasteiger partial charge in [-0.15, -0.1) is 6.58 Å². The van der Waals surface area contributed by atoms with E-state index in [-0.39, 0.29) is 11.4 Å². The summed E-state index contributed by atoms with van der Waals surface area (Å²) in [6.07, 6.45) is 1.68. The molecule has 0 spiro atoms. The van der Waals surface area contributed by atoms with Crippen molar-refractivity contribution in [2.75, 3.05) is 6.54 Å². The Morgan fingerprint density at radius 2 is 2.33 bits per heavy atom. The van der Waals surface area contributed by atoms with E-state index in [2.05, 4.69) is 11.9 Å². The fourth-order valence-electron chi connectivity index (χ4n) is 1.14. The highest BCUT2D eigenvalue weighted by Gasteiger charge is 2.09. The van der Waals surface area contributed by atoms with E-state index in [9.17, 15) is 15.2 Å². The van der Waals surface area contributed by atoms with Gasteiger partial charge in [-0.3, -0.25) is 10.1 Å². The highest BCUT2D eigenvalue weighted by Crippen LogP contribution is 2.22. The van der Waals surface area contributed by atoms with Crippen LogP contribution in [-0.4, -0.2) is 16.6 Å². The van der Waals surface area contributed by atoms with E-state index in [1.807, 2.05) is 0 Å². The molecule has 2 N–H and O–H groups in total. The summed E-state index contributed by atoms with van der Waals surface area (Å²) in [5.74, 6) is 0.0529. The molecular formula is C10H12N2O3. The number of nitrogens with one attached hydrogen (secondary N) is 1. The molecule has 0 aliphatic heterocycles. The van der Waals surface area contributed by atoms with E-state index in [0.29, 0.717) is 18.7 Å². The van der Waals surface area contributed by atoms with Gasteiger partial charge in [0.1, 0.15) is 5.75 Å². The van der Waals surface area contributed by atoms with Crippen molar-refractivity contribution < 1.29 is 10.0 Å². The molecule has 0 heterocycles. The second-order valence-electron chi connectivity index (χ2n) is 2.99. The molecule has 1 rings (SSSR count). The molecule has 80 valence electrons. The molecular weight excluding hydrogens is 196 g/mol. The number of phenolic OH excluding ortho intramolecular Hbond substituents is 1. The average Bonchev–Trinajstić information content (AvgIpc) is 2.20. The molecule has 0 saturated carbocycles.